The lowest BCUT2D eigenvalue weighted by atomic mass is 10.1. The van der Waals surface area contributed by atoms with Gasteiger partial charge in [0.05, 0.1) is 5.69 Å². The third-order valence-corrected chi connectivity index (χ3v) is 3.06. The van der Waals surface area contributed by atoms with Crippen LogP contribution in [0, 0.1) is 6.92 Å². The second kappa shape index (κ2) is 3.84. The molecular formula is C14H13N3O. The molecule has 2 aromatic heterocycles. The van der Waals surface area contributed by atoms with Gasteiger partial charge < -0.3 is 9.97 Å². The monoisotopic (exact) mass is 239 g/mol. The van der Waals surface area contributed by atoms with Crippen molar-refractivity contribution in [2.24, 2.45) is 0 Å². The molecule has 0 aliphatic heterocycles. The van der Waals surface area contributed by atoms with Gasteiger partial charge in [-0.15, -0.1) is 0 Å². The van der Waals surface area contributed by atoms with Crippen LogP contribution in [0.25, 0.3) is 22.2 Å². The normalized spacial score (nSPS) is 11.0. The highest BCUT2D eigenvalue weighted by Gasteiger charge is 2.14. The minimum absolute atomic E-state index is 0.0517. The highest BCUT2D eigenvalue weighted by molar-refractivity contribution is 5.96. The van der Waals surface area contributed by atoms with Gasteiger partial charge in [0.1, 0.15) is 0 Å². The fourth-order valence-electron chi connectivity index (χ4n) is 2.16. The molecule has 0 spiro atoms. The number of aromatic nitrogens is 3. The zero-order valence-electron chi connectivity index (χ0n) is 10.2. The number of hydrogen-bond acceptors (Lipinski definition) is 2. The zero-order valence-corrected chi connectivity index (χ0v) is 10.2. The van der Waals surface area contributed by atoms with Crippen LogP contribution in [0.15, 0.2) is 30.5 Å². The number of rotatable bonds is 2. The van der Waals surface area contributed by atoms with Crippen molar-refractivity contribution in [2.45, 2.75) is 13.8 Å². The number of hydrogen-bond donors (Lipinski definition) is 2. The number of H-pyrrole nitrogens is 2. The lowest BCUT2D eigenvalue weighted by Gasteiger charge is -1.95. The quantitative estimate of drug-likeness (QED) is 0.675. The smallest absolute Gasteiger partial charge is 0.195 e. The lowest BCUT2D eigenvalue weighted by Crippen LogP contribution is -1.94. The van der Waals surface area contributed by atoms with Crippen LogP contribution in [0.2, 0.25) is 0 Å². The predicted octanol–water partition coefficient (Wildman–Crippen LogP) is 3.07. The molecule has 0 bridgehead atoms. The van der Waals surface area contributed by atoms with E-state index < -0.39 is 0 Å². The Kier molecular flexibility index (Phi) is 2.30. The van der Waals surface area contributed by atoms with E-state index in [-0.39, 0.29) is 5.78 Å². The molecule has 2 heterocycles. The summed E-state index contributed by atoms with van der Waals surface area (Å²) in [6, 6.07) is 8.05. The Labute approximate surface area is 104 Å². The highest BCUT2D eigenvalue weighted by atomic mass is 16.1. The van der Waals surface area contributed by atoms with E-state index >= 15 is 0 Å². The van der Waals surface area contributed by atoms with Gasteiger partial charge in [-0.25, -0.2) is 4.98 Å². The first-order chi connectivity index (χ1) is 8.66. The Hall–Kier alpha value is -2.36. The van der Waals surface area contributed by atoms with E-state index in [1.54, 1.807) is 0 Å². The minimum Gasteiger partial charge on any atom is -0.360 e. The summed E-state index contributed by atoms with van der Waals surface area (Å²) < 4.78 is 0. The summed E-state index contributed by atoms with van der Waals surface area (Å²) in [5.41, 5.74) is 3.83. The number of Topliss-reactive ketones (excluding diaryl/α,β-unsaturated/α-hetero) is 1. The summed E-state index contributed by atoms with van der Waals surface area (Å²) in [6.45, 7) is 3.44. The van der Waals surface area contributed by atoms with Gasteiger partial charge in [-0.1, -0.05) is 18.2 Å². The van der Waals surface area contributed by atoms with Crippen molar-refractivity contribution >= 4 is 16.7 Å². The maximum atomic E-state index is 11.3. The molecule has 0 amide bonds. The van der Waals surface area contributed by atoms with Gasteiger partial charge in [-0.2, -0.15) is 0 Å². The number of aromatic amines is 2. The van der Waals surface area contributed by atoms with Gasteiger partial charge in [0.25, 0.3) is 0 Å². The molecule has 1 aromatic carbocycles. The minimum atomic E-state index is -0.0517. The third-order valence-electron chi connectivity index (χ3n) is 3.06. The number of ketones is 1. The van der Waals surface area contributed by atoms with Crippen LogP contribution >= 0.6 is 0 Å². The summed E-state index contributed by atoms with van der Waals surface area (Å²) in [6.07, 6.45) is 1.93. The summed E-state index contributed by atoms with van der Waals surface area (Å²) in [4.78, 5) is 22.0. The van der Waals surface area contributed by atoms with Crippen LogP contribution in [-0.2, 0) is 0 Å². The molecule has 0 aliphatic carbocycles. The molecule has 90 valence electrons. The van der Waals surface area contributed by atoms with Crippen molar-refractivity contribution in [2.75, 3.05) is 0 Å². The Bertz CT molecular complexity index is 736. The Morgan fingerprint density at radius 3 is 2.78 bits per heavy atom. The first-order valence-electron chi connectivity index (χ1n) is 5.81. The molecule has 0 unspecified atom stereocenters. The van der Waals surface area contributed by atoms with E-state index in [1.165, 1.54) is 6.92 Å². The zero-order chi connectivity index (χ0) is 12.7. The molecule has 3 rings (SSSR count). The number of aryl methyl sites for hydroxylation is 1. The molecule has 4 nitrogen and oxygen atoms in total. The van der Waals surface area contributed by atoms with Crippen molar-refractivity contribution in [3.63, 3.8) is 0 Å². The summed E-state index contributed by atoms with van der Waals surface area (Å²) in [7, 11) is 0. The molecule has 0 radical (unpaired) electrons. The second-order valence-electron chi connectivity index (χ2n) is 4.36. The maximum absolute atomic E-state index is 11.3. The molecule has 0 saturated carbocycles. The SMILES string of the molecule is CC(=O)c1nc(-c2c[nH]c3ccccc23)c(C)[nH]1. The first kappa shape index (κ1) is 10.8. The molecule has 3 aromatic rings. The topological polar surface area (TPSA) is 61.5 Å². The van der Waals surface area contributed by atoms with E-state index in [1.807, 2.05) is 37.4 Å². The van der Waals surface area contributed by atoms with Crippen molar-refractivity contribution in [3.8, 4) is 11.3 Å². The Balaban J connectivity index is 2.23. The summed E-state index contributed by atoms with van der Waals surface area (Å²) in [5, 5.41) is 1.11. The average Bonchev–Trinajstić information content (AvgIpc) is 2.92. The van der Waals surface area contributed by atoms with Crippen LogP contribution < -0.4 is 0 Å². The number of nitrogens with zero attached hydrogens (tertiary/aromatic N) is 1. The molecule has 18 heavy (non-hydrogen) atoms. The second-order valence-corrected chi connectivity index (χ2v) is 4.36. The van der Waals surface area contributed by atoms with Crippen molar-refractivity contribution in [1.82, 2.24) is 15.0 Å². The van der Waals surface area contributed by atoms with Crippen LogP contribution in [-0.4, -0.2) is 20.7 Å². The van der Waals surface area contributed by atoms with Gasteiger partial charge in [0.2, 0.25) is 0 Å². The van der Waals surface area contributed by atoms with Crippen LogP contribution in [0.5, 0.6) is 0 Å². The van der Waals surface area contributed by atoms with Gasteiger partial charge in [-0.05, 0) is 13.0 Å². The van der Waals surface area contributed by atoms with Crippen molar-refractivity contribution in [3.05, 3.63) is 42.0 Å². The van der Waals surface area contributed by atoms with Gasteiger partial charge in [-0.3, -0.25) is 4.79 Å². The van der Waals surface area contributed by atoms with Crippen LogP contribution in [0.3, 0.4) is 0 Å². The van der Waals surface area contributed by atoms with Crippen LogP contribution in [0.1, 0.15) is 23.2 Å². The predicted molar refractivity (Wildman–Crippen MR) is 70.6 cm³/mol. The number of nitrogens with one attached hydrogen (secondary N) is 2. The Morgan fingerprint density at radius 1 is 1.28 bits per heavy atom. The number of para-hydroxylation sites is 1. The van der Waals surface area contributed by atoms with Gasteiger partial charge >= 0.3 is 0 Å². The number of fused-ring (bicyclic) bond motifs is 1. The van der Waals surface area contributed by atoms with E-state index in [9.17, 15) is 4.79 Å². The molecule has 0 fully saturated rings. The number of carbonyl (C=O) groups excluding carboxylic acids is 1. The lowest BCUT2D eigenvalue weighted by molar-refractivity contribution is 0.100. The van der Waals surface area contributed by atoms with E-state index in [0.717, 1.165) is 27.9 Å². The number of carbonyl (C=O) groups is 1. The fourth-order valence-corrected chi connectivity index (χ4v) is 2.16. The standard InChI is InChI=1S/C14H13N3O/c1-8-13(17-14(16-8)9(2)18)11-7-15-12-6-4-3-5-10(11)12/h3-7,15H,1-2H3,(H,16,17). The fraction of sp³-hybridized carbons (Fsp3) is 0.143. The molecule has 0 atom stereocenters. The van der Waals surface area contributed by atoms with Gasteiger partial charge in [0.15, 0.2) is 11.6 Å². The molecule has 0 saturated heterocycles. The summed E-state index contributed by atoms with van der Waals surface area (Å²) >= 11 is 0. The van der Waals surface area contributed by atoms with Crippen molar-refractivity contribution < 1.29 is 4.79 Å². The number of benzene rings is 1. The summed E-state index contributed by atoms with van der Waals surface area (Å²) in [5.74, 6) is 0.358. The van der Waals surface area contributed by atoms with E-state index in [0.29, 0.717) is 5.82 Å². The molecule has 0 aliphatic rings. The van der Waals surface area contributed by atoms with E-state index in [2.05, 4.69) is 15.0 Å². The maximum Gasteiger partial charge on any atom is 0.195 e. The molecule has 2 N–H and O–H groups in total. The largest absolute Gasteiger partial charge is 0.360 e. The van der Waals surface area contributed by atoms with Crippen LogP contribution in [0.4, 0.5) is 0 Å². The molecule has 4 heteroatoms. The number of imidazole rings is 1. The first-order valence-corrected chi connectivity index (χ1v) is 5.81. The third kappa shape index (κ3) is 1.54. The highest BCUT2D eigenvalue weighted by Crippen LogP contribution is 2.29. The van der Waals surface area contributed by atoms with E-state index in [4.69, 9.17) is 0 Å². The van der Waals surface area contributed by atoms with Crippen molar-refractivity contribution in [1.29, 1.82) is 0 Å². The average molecular weight is 239 g/mol. The molecular weight excluding hydrogens is 226 g/mol. The van der Waals surface area contributed by atoms with Gasteiger partial charge in [0, 0.05) is 35.3 Å². The Morgan fingerprint density at radius 2 is 2.06 bits per heavy atom.